The lowest BCUT2D eigenvalue weighted by Gasteiger charge is -2.11. The maximum Gasteiger partial charge on any atom is 0.165 e. The van der Waals surface area contributed by atoms with Crippen molar-refractivity contribution in [3.8, 4) is 12.1 Å². The molecule has 35 heavy (non-hydrogen) atoms. The summed E-state index contributed by atoms with van der Waals surface area (Å²) in [6.45, 7) is 4.23. The van der Waals surface area contributed by atoms with E-state index in [2.05, 4.69) is 19.1 Å². The standard InChI is InChI=1S/C31H38N2O2/c1-24(12-21-30(34)28-17-13-26(22-32)14-18-28)10-8-6-4-3-5-7-9-11-25(2)31(35)29-19-15-27(23-33)16-20-29/h13-20,24-25H,3-12,21H2,1-2H3. The largest absolute Gasteiger partial charge is 0.294 e. The van der Waals surface area contributed by atoms with Crippen LogP contribution in [0.15, 0.2) is 48.5 Å². The van der Waals surface area contributed by atoms with Crippen LogP contribution in [0.5, 0.6) is 0 Å². The van der Waals surface area contributed by atoms with Crippen molar-refractivity contribution in [2.24, 2.45) is 11.8 Å². The molecule has 0 aliphatic rings. The number of benzene rings is 2. The van der Waals surface area contributed by atoms with E-state index >= 15 is 0 Å². The summed E-state index contributed by atoms with van der Waals surface area (Å²) < 4.78 is 0. The summed E-state index contributed by atoms with van der Waals surface area (Å²) in [6, 6.07) is 18.0. The molecule has 0 aliphatic carbocycles. The average molecular weight is 471 g/mol. The van der Waals surface area contributed by atoms with Crippen LogP contribution in [0, 0.1) is 34.5 Å². The van der Waals surface area contributed by atoms with E-state index in [9.17, 15) is 9.59 Å². The first-order valence-corrected chi connectivity index (χ1v) is 13.0. The Morgan fingerprint density at radius 3 is 1.63 bits per heavy atom. The van der Waals surface area contributed by atoms with Crippen LogP contribution < -0.4 is 0 Å². The summed E-state index contributed by atoms with van der Waals surface area (Å²) >= 11 is 0. The van der Waals surface area contributed by atoms with Gasteiger partial charge in [0.25, 0.3) is 0 Å². The molecule has 0 N–H and O–H groups in total. The van der Waals surface area contributed by atoms with Gasteiger partial charge >= 0.3 is 0 Å². The first-order chi connectivity index (χ1) is 16.9. The summed E-state index contributed by atoms with van der Waals surface area (Å²) in [5.74, 6) is 0.900. The highest BCUT2D eigenvalue weighted by molar-refractivity contribution is 5.97. The SMILES string of the molecule is CC(CCCCCCCCCC(C)C(=O)c1ccc(C#N)cc1)CCC(=O)c1ccc(C#N)cc1. The van der Waals surface area contributed by atoms with Crippen LogP contribution >= 0.6 is 0 Å². The van der Waals surface area contributed by atoms with Crippen molar-refractivity contribution in [2.75, 3.05) is 0 Å². The second kappa shape index (κ2) is 15.6. The van der Waals surface area contributed by atoms with Crippen molar-refractivity contribution < 1.29 is 9.59 Å². The second-order valence-corrected chi connectivity index (χ2v) is 9.76. The smallest absolute Gasteiger partial charge is 0.165 e. The van der Waals surface area contributed by atoms with Crippen LogP contribution in [0.4, 0.5) is 0 Å². The van der Waals surface area contributed by atoms with Gasteiger partial charge in [-0.05, 0) is 43.0 Å². The molecule has 2 aromatic carbocycles. The van der Waals surface area contributed by atoms with Crippen molar-refractivity contribution in [3.63, 3.8) is 0 Å². The molecule has 2 unspecified atom stereocenters. The number of hydrogen-bond donors (Lipinski definition) is 0. The predicted molar refractivity (Wildman–Crippen MR) is 140 cm³/mol. The summed E-state index contributed by atoms with van der Waals surface area (Å²) in [6.07, 6.45) is 12.0. The molecule has 0 bridgehead atoms. The molecule has 184 valence electrons. The normalized spacial score (nSPS) is 12.3. The average Bonchev–Trinajstić information content (AvgIpc) is 2.90. The Balaban J connectivity index is 1.47. The van der Waals surface area contributed by atoms with Crippen LogP contribution in [0.3, 0.4) is 0 Å². The number of hydrogen-bond acceptors (Lipinski definition) is 4. The van der Waals surface area contributed by atoms with Gasteiger partial charge in [-0.3, -0.25) is 9.59 Å². The molecule has 0 heterocycles. The number of nitrogens with zero attached hydrogens (tertiary/aromatic N) is 2. The lowest BCUT2D eigenvalue weighted by molar-refractivity contribution is 0.0921. The molecule has 0 spiro atoms. The maximum atomic E-state index is 12.5. The number of unbranched alkanes of at least 4 members (excludes halogenated alkanes) is 6. The Kier molecular flexibility index (Phi) is 12.5. The molecule has 4 nitrogen and oxygen atoms in total. The van der Waals surface area contributed by atoms with Crippen LogP contribution in [0.1, 0.15) is 116 Å². The zero-order chi connectivity index (χ0) is 25.5. The van der Waals surface area contributed by atoms with E-state index in [1.807, 2.05) is 6.92 Å². The Hall–Kier alpha value is -3.24. The Labute approximate surface area is 211 Å². The van der Waals surface area contributed by atoms with Crippen LogP contribution in [0.2, 0.25) is 0 Å². The van der Waals surface area contributed by atoms with E-state index in [0.29, 0.717) is 34.6 Å². The van der Waals surface area contributed by atoms with E-state index < -0.39 is 0 Å². The molecule has 0 saturated heterocycles. The number of rotatable bonds is 16. The van der Waals surface area contributed by atoms with E-state index in [0.717, 1.165) is 25.7 Å². The molecule has 2 atom stereocenters. The van der Waals surface area contributed by atoms with Gasteiger partial charge in [-0.15, -0.1) is 0 Å². The number of ketones is 2. The Morgan fingerprint density at radius 2 is 1.11 bits per heavy atom. The van der Waals surface area contributed by atoms with Gasteiger partial charge in [-0.2, -0.15) is 10.5 Å². The van der Waals surface area contributed by atoms with Crippen molar-refractivity contribution in [2.45, 2.75) is 84.5 Å². The fourth-order valence-corrected chi connectivity index (χ4v) is 4.35. The van der Waals surface area contributed by atoms with Crippen molar-refractivity contribution in [3.05, 3.63) is 70.8 Å². The molecule has 2 rings (SSSR count). The third-order valence-electron chi connectivity index (χ3n) is 6.78. The quantitative estimate of drug-likeness (QED) is 0.183. The van der Waals surface area contributed by atoms with Gasteiger partial charge in [0.2, 0.25) is 0 Å². The van der Waals surface area contributed by atoms with Gasteiger partial charge in [0.1, 0.15) is 0 Å². The first kappa shape index (κ1) is 28.0. The topological polar surface area (TPSA) is 81.7 Å². The number of nitriles is 2. The Morgan fingerprint density at radius 1 is 0.657 bits per heavy atom. The molecule has 4 heteroatoms. The predicted octanol–water partition coefficient (Wildman–Crippen LogP) is 8.06. The minimum Gasteiger partial charge on any atom is -0.294 e. The van der Waals surface area contributed by atoms with Crippen molar-refractivity contribution in [1.29, 1.82) is 10.5 Å². The second-order valence-electron chi connectivity index (χ2n) is 9.76. The molecule has 0 aliphatic heterocycles. The third kappa shape index (κ3) is 10.3. The van der Waals surface area contributed by atoms with E-state index in [1.165, 1.54) is 38.5 Å². The highest BCUT2D eigenvalue weighted by Gasteiger charge is 2.14. The van der Waals surface area contributed by atoms with Gasteiger partial charge in [0.05, 0.1) is 23.3 Å². The summed E-state index contributed by atoms with van der Waals surface area (Å²) in [7, 11) is 0. The third-order valence-corrected chi connectivity index (χ3v) is 6.78. The molecule has 0 fully saturated rings. The molecular formula is C31H38N2O2. The van der Waals surface area contributed by atoms with Crippen molar-refractivity contribution in [1.82, 2.24) is 0 Å². The number of Topliss-reactive ketones (excluding diaryl/α,β-unsaturated/α-hetero) is 2. The summed E-state index contributed by atoms with van der Waals surface area (Å²) in [5, 5.41) is 17.7. The fourth-order valence-electron chi connectivity index (χ4n) is 4.35. The van der Waals surface area contributed by atoms with Crippen LogP contribution in [-0.4, -0.2) is 11.6 Å². The Bertz CT molecular complexity index is 1010. The highest BCUT2D eigenvalue weighted by Crippen LogP contribution is 2.20. The molecular weight excluding hydrogens is 432 g/mol. The minimum atomic E-state index is 0.0215. The first-order valence-electron chi connectivity index (χ1n) is 13.0. The van der Waals surface area contributed by atoms with Gasteiger partial charge in [0.15, 0.2) is 11.6 Å². The maximum absolute atomic E-state index is 12.5. The van der Waals surface area contributed by atoms with Gasteiger partial charge < -0.3 is 0 Å². The minimum absolute atomic E-state index is 0.0215. The van der Waals surface area contributed by atoms with E-state index in [1.54, 1.807) is 48.5 Å². The zero-order valence-corrected chi connectivity index (χ0v) is 21.3. The molecule has 0 radical (unpaired) electrons. The zero-order valence-electron chi connectivity index (χ0n) is 21.3. The van der Waals surface area contributed by atoms with Gasteiger partial charge in [-0.1, -0.05) is 89.5 Å². The molecule has 0 saturated carbocycles. The monoisotopic (exact) mass is 470 g/mol. The molecule has 2 aromatic rings. The van der Waals surface area contributed by atoms with Crippen LogP contribution in [0.25, 0.3) is 0 Å². The van der Waals surface area contributed by atoms with Crippen molar-refractivity contribution >= 4 is 11.6 Å². The van der Waals surface area contributed by atoms with Crippen LogP contribution in [-0.2, 0) is 0 Å². The fraction of sp³-hybridized carbons (Fsp3) is 0.484. The van der Waals surface area contributed by atoms with Gasteiger partial charge in [0, 0.05) is 23.5 Å². The lowest BCUT2D eigenvalue weighted by Crippen LogP contribution is -2.11. The molecule has 0 aromatic heterocycles. The summed E-state index contributed by atoms with van der Waals surface area (Å²) in [4.78, 5) is 24.8. The lowest BCUT2D eigenvalue weighted by atomic mass is 9.93. The summed E-state index contributed by atoms with van der Waals surface area (Å²) in [5.41, 5.74) is 2.56. The number of carbonyl (C=O) groups is 2. The number of carbonyl (C=O) groups excluding carboxylic acids is 2. The van der Waals surface area contributed by atoms with E-state index in [-0.39, 0.29) is 17.5 Å². The van der Waals surface area contributed by atoms with E-state index in [4.69, 9.17) is 10.5 Å². The van der Waals surface area contributed by atoms with Gasteiger partial charge in [-0.25, -0.2) is 0 Å². The highest BCUT2D eigenvalue weighted by atomic mass is 16.1. The molecule has 0 amide bonds.